The van der Waals surface area contributed by atoms with Crippen LogP contribution in [0.5, 0.6) is 0 Å². The van der Waals surface area contributed by atoms with Crippen LogP contribution in [-0.2, 0) is 9.53 Å². The molecule has 0 atom stereocenters. The second kappa shape index (κ2) is 6.96. The van der Waals surface area contributed by atoms with Gasteiger partial charge in [0.2, 0.25) is 0 Å². The third-order valence-corrected chi connectivity index (χ3v) is 3.09. The molecule has 1 aromatic carbocycles. The summed E-state index contributed by atoms with van der Waals surface area (Å²) in [5.41, 5.74) is 5.23. The fourth-order valence-electron chi connectivity index (χ4n) is 1.36. The maximum absolute atomic E-state index is 11.3. The monoisotopic (exact) mass is 272 g/mol. The summed E-state index contributed by atoms with van der Waals surface area (Å²) in [4.78, 5) is 11.3. The maximum Gasteiger partial charge on any atom is 0.330 e. The number of hydrogen-bond acceptors (Lipinski definition) is 2. The summed E-state index contributed by atoms with van der Waals surface area (Å²) < 4.78 is 4.86. The molecule has 1 aromatic rings. The average Bonchev–Trinajstić information content (AvgIpc) is 2.34. The lowest BCUT2D eigenvalue weighted by atomic mass is 10.1. The second-order valence-electron chi connectivity index (χ2n) is 5.17. The highest BCUT2D eigenvalue weighted by atomic mass is 28.3. The van der Waals surface area contributed by atoms with Crippen LogP contribution in [0.3, 0.4) is 0 Å². The zero-order chi connectivity index (χ0) is 14.3. The van der Waals surface area contributed by atoms with Gasteiger partial charge in [-0.1, -0.05) is 43.8 Å². The highest BCUT2D eigenvalue weighted by Gasteiger charge is 2.07. The quantitative estimate of drug-likeness (QED) is 0.364. The molecule has 0 aliphatic heterocycles. The van der Waals surface area contributed by atoms with Gasteiger partial charge >= 0.3 is 5.97 Å². The molecule has 0 heterocycles. The van der Waals surface area contributed by atoms with Crippen LogP contribution in [0.2, 0.25) is 19.6 Å². The van der Waals surface area contributed by atoms with Crippen molar-refractivity contribution in [2.75, 3.05) is 6.61 Å². The molecule has 0 N–H and O–H groups in total. The van der Waals surface area contributed by atoms with Gasteiger partial charge in [0.25, 0.3) is 0 Å². The molecular formula is C16H20O2Si. The first-order chi connectivity index (χ1) is 8.92. The molecule has 0 saturated heterocycles. The smallest absolute Gasteiger partial charge is 0.330 e. The lowest BCUT2D eigenvalue weighted by Crippen LogP contribution is -2.16. The van der Waals surface area contributed by atoms with Crippen molar-refractivity contribution in [3.05, 3.63) is 41.5 Å². The van der Waals surface area contributed by atoms with Gasteiger partial charge in [0, 0.05) is 11.6 Å². The van der Waals surface area contributed by atoms with Gasteiger partial charge in [-0.3, -0.25) is 0 Å². The standard InChI is InChI=1S/C16H20O2Si/c1-5-18-16(17)11-10-14-8-6-7-9-15(14)12-13-19(2,3)4/h6-11H,5H2,1-4H3/b11-10+. The second-order valence-corrected chi connectivity index (χ2v) is 9.92. The summed E-state index contributed by atoms with van der Waals surface area (Å²) in [6.45, 7) is 8.80. The molecule has 100 valence electrons. The first-order valence-electron chi connectivity index (χ1n) is 6.39. The summed E-state index contributed by atoms with van der Waals surface area (Å²) in [7, 11) is -1.40. The van der Waals surface area contributed by atoms with E-state index < -0.39 is 8.07 Å². The lowest BCUT2D eigenvalue weighted by molar-refractivity contribution is -0.137. The Morgan fingerprint density at radius 1 is 1.32 bits per heavy atom. The van der Waals surface area contributed by atoms with E-state index >= 15 is 0 Å². The minimum absolute atomic E-state index is 0.324. The van der Waals surface area contributed by atoms with Crippen LogP contribution in [0.15, 0.2) is 30.3 Å². The number of carbonyl (C=O) groups excluding carboxylic acids is 1. The third kappa shape index (κ3) is 6.07. The van der Waals surface area contributed by atoms with Gasteiger partial charge < -0.3 is 4.74 Å². The lowest BCUT2D eigenvalue weighted by Gasteiger charge is -2.04. The van der Waals surface area contributed by atoms with Crippen molar-refractivity contribution in [3.63, 3.8) is 0 Å². The molecule has 0 aliphatic rings. The molecule has 0 spiro atoms. The molecule has 0 bridgehead atoms. The van der Waals surface area contributed by atoms with Crippen LogP contribution in [0.1, 0.15) is 18.1 Å². The predicted octanol–water partition coefficient (Wildman–Crippen LogP) is 3.49. The minimum Gasteiger partial charge on any atom is -0.463 e. The van der Waals surface area contributed by atoms with Crippen molar-refractivity contribution >= 4 is 20.1 Å². The van der Waals surface area contributed by atoms with E-state index in [4.69, 9.17) is 4.74 Å². The number of benzene rings is 1. The molecule has 1 rings (SSSR count). The highest BCUT2D eigenvalue weighted by Crippen LogP contribution is 2.10. The Kier molecular flexibility index (Phi) is 5.59. The Bertz CT molecular complexity index is 528. The molecule has 0 aromatic heterocycles. The summed E-state index contributed by atoms with van der Waals surface area (Å²) >= 11 is 0. The van der Waals surface area contributed by atoms with Crippen molar-refractivity contribution < 1.29 is 9.53 Å². The van der Waals surface area contributed by atoms with E-state index in [1.807, 2.05) is 24.3 Å². The first-order valence-corrected chi connectivity index (χ1v) is 9.89. The maximum atomic E-state index is 11.3. The van der Waals surface area contributed by atoms with E-state index in [1.165, 1.54) is 6.08 Å². The fourth-order valence-corrected chi connectivity index (χ4v) is 1.87. The molecule has 0 unspecified atom stereocenters. The molecule has 3 heteroatoms. The average molecular weight is 272 g/mol. The van der Waals surface area contributed by atoms with E-state index in [2.05, 4.69) is 31.1 Å². The fraction of sp³-hybridized carbons (Fsp3) is 0.312. The normalized spacial score (nSPS) is 10.9. The van der Waals surface area contributed by atoms with Crippen molar-refractivity contribution in [2.45, 2.75) is 26.6 Å². The van der Waals surface area contributed by atoms with Crippen molar-refractivity contribution in [3.8, 4) is 11.5 Å². The summed E-state index contributed by atoms with van der Waals surface area (Å²) in [6, 6.07) is 7.81. The van der Waals surface area contributed by atoms with Gasteiger partial charge in [-0.05, 0) is 24.6 Å². The van der Waals surface area contributed by atoms with Gasteiger partial charge in [0.15, 0.2) is 0 Å². The van der Waals surface area contributed by atoms with Crippen molar-refractivity contribution in [1.29, 1.82) is 0 Å². The van der Waals surface area contributed by atoms with Crippen molar-refractivity contribution in [2.24, 2.45) is 0 Å². The van der Waals surface area contributed by atoms with E-state index in [0.717, 1.165) is 11.1 Å². The molecule has 0 fully saturated rings. The Morgan fingerprint density at radius 2 is 2.00 bits per heavy atom. The molecule has 2 nitrogen and oxygen atoms in total. The van der Waals surface area contributed by atoms with Gasteiger partial charge in [0.1, 0.15) is 8.07 Å². The van der Waals surface area contributed by atoms with Crippen molar-refractivity contribution in [1.82, 2.24) is 0 Å². The number of hydrogen-bond donors (Lipinski definition) is 0. The number of rotatable bonds is 3. The van der Waals surface area contributed by atoms with E-state index in [9.17, 15) is 4.79 Å². The molecule has 0 amide bonds. The third-order valence-electron chi connectivity index (χ3n) is 2.22. The number of ether oxygens (including phenoxy) is 1. The topological polar surface area (TPSA) is 26.3 Å². The minimum atomic E-state index is -1.40. The predicted molar refractivity (Wildman–Crippen MR) is 82.3 cm³/mol. The SMILES string of the molecule is CCOC(=O)/C=C/c1ccccc1C#C[Si](C)(C)C. The highest BCUT2D eigenvalue weighted by molar-refractivity contribution is 6.83. The molecule has 0 saturated carbocycles. The van der Waals surface area contributed by atoms with Gasteiger partial charge in [-0.15, -0.1) is 5.54 Å². The summed E-state index contributed by atoms with van der Waals surface area (Å²) in [5, 5.41) is 0. The van der Waals surface area contributed by atoms with Gasteiger partial charge in [0.05, 0.1) is 6.61 Å². The van der Waals surface area contributed by atoms with E-state index in [-0.39, 0.29) is 5.97 Å². The summed E-state index contributed by atoms with van der Waals surface area (Å²) in [5.74, 6) is 2.89. The zero-order valence-electron chi connectivity index (χ0n) is 12.0. The Hall–Kier alpha value is -1.79. The zero-order valence-corrected chi connectivity index (χ0v) is 13.0. The number of esters is 1. The molecular weight excluding hydrogens is 252 g/mol. The van der Waals surface area contributed by atoms with E-state index in [1.54, 1.807) is 13.0 Å². The molecule has 0 aliphatic carbocycles. The largest absolute Gasteiger partial charge is 0.463 e. The van der Waals surface area contributed by atoms with E-state index in [0.29, 0.717) is 6.61 Å². The van der Waals surface area contributed by atoms with Gasteiger partial charge in [-0.2, -0.15) is 0 Å². The number of carbonyl (C=O) groups is 1. The van der Waals surface area contributed by atoms with Crippen LogP contribution in [0.25, 0.3) is 6.08 Å². The van der Waals surface area contributed by atoms with Crippen LogP contribution in [0, 0.1) is 11.5 Å². The Balaban J connectivity index is 2.96. The van der Waals surface area contributed by atoms with Crippen LogP contribution >= 0.6 is 0 Å². The molecule has 0 radical (unpaired) electrons. The first kappa shape index (κ1) is 15.3. The van der Waals surface area contributed by atoms with Crippen LogP contribution in [0.4, 0.5) is 0 Å². The van der Waals surface area contributed by atoms with Crippen LogP contribution in [-0.4, -0.2) is 20.7 Å². The Labute approximate surface area is 116 Å². The summed E-state index contributed by atoms with van der Waals surface area (Å²) in [6.07, 6.45) is 3.20. The Morgan fingerprint density at radius 3 is 2.63 bits per heavy atom. The van der Waals surface area contributed by atoms with Crippen LogP contribution < -0.4 is 0 Å². The van der Waals surface area contributed by atoms with Gasteiger partial charge in [-0.25, -0.2) is 4.79 Å². The molecule has 19 heavy (non-hydrogen) atoms.